The molecular formula is C14H14N2O4S. The summed E-state index contributed by atoms with van der Waals surface area (Å²) in [6.07, 6.45) is 0. The molecule has 0 bridgehead atoms. The van der Waals surface area contributed by atoms with Crippen molar-refractivity contribution in [2.24, 2.45) is 5.10 Å². The third-order valence-corrected chi connectivity index (χ3v) is 3.93. The lowest BCUT2D eigenvalue weighted by atomic mass is 10.1. The molecule has 0 unspecified atom stereocenters. The van der Waals surface area contributed by atoms with Crippen LogP contribution in [-0.2, 0) is 10.0 Å². The highest BCUT2D eigenvalue weighted by atomic mass is 32.2. The second kappa shape index (κ2) is 5.84. The summed E-state index contributed by atoms with van der Waals surface area (Å²) < 4.78 is 24.0. The van der Waals surface area contributed by atoms with Gasteiger partial charge in [-0.2, -0.15) is 18.4 Å². The lowest BCUT2D eigenvalue weighted by Gasteiger charge is -2.06. The average molecular weight is 306 g/mol. The maximum absolute atomic E-state index is 12.0. The number of hydrazone groups is 1. The van der Waals surface area contributed by atoms with Crippen LogP contribution < -0.4 is 4.83 Å². The molecule has 7 heteroatoms. The topological polar surface area (TPSA) is 99.0 Å². The van der Waals surface area contributed by atoms with Crippen LogP contribution in [0.4, 0.5) is 0 Å². The van der Waals surface area contributed by atoms with E-state index < -0.39 is 10.0 Å². The van der Waals surface area contributed by atoms with E-state index in [0.29, 0.717) is 11.3 Å². The first kappa shape index (κ1) is 14.9. The van der Waals surface area contributed by atoms with Gasteiger partial charge >= 0.3 is 0 Å². The van der Waals surface area contributed by atoms with Gasteiger partial charge in [0.05, 0.1) is 10.6 Å². The Balaban J connectivity index is 2.24. The number of hydrogen-bond acceptors (Lipinski definition) is 5. The van der Waals surface area contributed by atoms with Gasteiger partial charge < -0.3 is 10.2 Å². The van der Waals surface area contributed by atoms with Gasteiger partial charge in [0.25, 0.3) is 10.0 Å². The smallest absolute Gasteiger partial charge is 0.276 e. The number of aromatic hydroxyl groups is 2. The van der Waals surface area contributed by atoms with Crippen molar-refractivity contribution in [3.05, 3.63) is 54.1 Å². The van der Waals surface area contributed by atoms with Gasteiger partial charge in [-0.1, -0.05) is 18.2 Å². The summed E-state index contributed by atoms with van der Waals surface area (Å²) in [5, 5.41) is 22.6. The van der Waals surface area contributed by atoms with E-state index in [1.807, 2.05) is 0 Å². The number of hydrogen-bond donors (Lipinski definition) is 3. The molecule has 0 amide bonds. The fourth-order valence-electron chi connectivity index (χ4n) is 1.65. The van der Waals surface area contributed by atoms with Crippen LogP contribution in [0.3, 0.4) is 0 Å². The highest BCUT2D eigenvalue weighted by Gasteiger charge is 2.12. The highest BCUT2D eigenvalue weighted by molar-refractivity contribution is 7.89. The second-order valence-electron chi connectivity index (χ2n) is 4.34. The molecule has 0 atom stereocenters. The maximum atomic E-state index is 12.0. The van der Waals surface area contributed by atoms with Crippen molar-refractivity contribution in [2.75, 3.05) is 0 Å². The molecule has 3 N–H and O–H groups in total. The molecule has 21 heavy (non-hydrogen) atoms. The normalized spacial score (nSPS) is 12.1. The van der Waals surface area contributed by atoms with E-state index in [9.17, 15) is 18.6 Å². The van der Waals surface area contributed by atoms with E-state index in [1.54, 1.807) is 25.1 Å². The maximum Gasteiger partial charge on any atom is 0.276 e. The Hall–Kier alpha value is -2.54. The van der Waals surface area contributed by atoms with E-state index in [-0.39, 0.29) is 16.4 Å². The molecule has 2 aromatic carbocycles. The number of phenols is 2. The van der Waals surface area contributed by atoms with Crippen molar-refractivity contribution < 1.29 is 18.6 Å². The predicted molar refractivity (Wildman–Crippen MR) is 78.7 cm³/mol. The van der Waals surface area contributed by atoms with Gasteiger partial charge in [0, 0.05) is 11.6 Å². The third kappa shape index (κ3) is 3.73. The molecular weight excluding hydrogens is 292 g/mol. The second-order valence-corrected chi connectivity index (χ2v) is 6.00. The standard InChI is InChI=1S/C14H14N2O4S/c1-10(11-7-12(17)9-13(18)8-11)15-16-21(19,20)14-5-3-2-4-6-14/h2-9,16-18H,1H3/b15-10+. The summed E-state index contributed by atoms with van der Waals surface area (Å²) in [6.45, 7) is 1.56. The number of benzene rings is 2. The Labute approximate surface area is 122 Å². The lowest BCUT2D eigenvalue weighted by molar-refractivity contribution is 0.450. The molecule has 0 aliphatic carbocycles. The van der Waals surface area contributed by atoms with Gasteiger partial charge in [0.2, 0.25) is 0 Å². The molecule has 0 radical (unpaired) electrons. The molecule has 0 fully saturated rings. The molecule has 110 valence electrons. The van der Waals surface area contributed by atoms with Gasteiger partial charge in [0.1, 0.15) is 11.5 Å². The fourth-order valence-corrected chi connectivity index (χ4v) is 2.53. The fraction of sp³-hybridized carbons (Fsp3) is 0.0714. The van der Waals surface area contributed by atoms with E-state index in [1.165, 1.54) is 30.3 Å². The van der Waals surface area contributed by atoms with E-state index in [0.717, 1.165) is 0 Å². The van der Waals surface area contributed by atoms with Crippen LogP contribution in [0.2, 0.25) is 0 Å². The minimum absolute atomic E-state index is 0.0975. The zero-order chi connectivity index (χ0) is 15.5. The number of nitrogens with zero attached hydrogens (tertiary/aromatic N) is 1. The van der Waals surface area contributed by atoms with Crippen LogP contribution in [0.25, 0.3) is 0 Å². The van der Waals surface area contributed by atoms with Crippen molar-refractivity contribution in [3.8, 4) is 11.5 Å². The Morgan fingerprint density at radius 3 is 2.19 bits per heavy atom. The zero-order valence-corrected chi connectivity index (χ0v) is 12.0. The minimum atomic E-state index is -3.75. The molecule has 0 spiro atoms. The lowest BCUT2D eigenvalue weighted by Crippen LogP contribution is -2.19. The monoisotopic (exact) mass is 306 g/mol. The Bertz CT molecular complexity index is 751. The van der Waals surface area contributed by atoms with Crippen LogP contribution in [0.1, 0.15) is 12.5 Å². The van der Waals surface area contributed by atoms with Crippen molar-refractivity contribution in [2.45, 2.75) is 11.8 Å². The van der Waals surface area contributed by atoms with Crippen LogP contribution in [0.15, 0.2) is 58.5 Å². The molecule has 0 saturated heterocycles. The molecule has 2 aromatic rings. The molecule has 2 rings (SSSR count). The Morgan fingerprint density at radius 2 is 1.62 bits per heavy atom. The van der Waals surface area contributed by atoms with Gasteiger partial charge in [-0.05, 0) is 31.2 Å². The zero-order valence-electron chi connectivity index (χ0n) is 11.2. The molecule has 0 heterocycles. The highest BCUT2D eigenvalue weighted by Crippen LogP contribution is 2.20. The SMILES string of the molecule is C/C(=N\NS(=O)(=O)c1ccccc1)c1cc(O)cc(O)c1. The summed E-state index contributed by atoms with van der Waals surface area (Å²) in [5.41, 5.74) is 0.712. The molecule has 0 aliphatic heterocycles. The molecule has 0 saturated carbocycles. The largest absolute Gasteiger partial charge is 0.508 e. The number of sulfonamides is 1. The summed E-state index contributed by atoms with van der Waals surface area (Å²) in [4.78, 5) is 2.21. The van der Waals surface area contributed by atoms with Crippen molar-refractivity contribution in [3.63, 3.8) is 0 Å². The van der Waals surface area contributed by atoms with Crippen LogP contribution in [-0.4, -0.2) is 24.3 Å². The van der Waals surface area contributed by atoms with Gasteiger partial charge in [-0.25, -0.2) is 0 Å². The average Bonchev–Trinajstić information content (AvgIpc) is 2.45. The first-order chi connectivity index (χ1) is 9.88. The van der Waals surface area contributed by atoms with Crippen molar-refractivity contribution in [1.29, 1.82) is 0 Å². The Morgan fingerprint density at radius 1 is 1.05 bits per heavy atom. The van der Waals surface area contributed by atoms with Crippen molar-refractivity contribution in [1.82, 2.24) is 4.83 Å². The van der Waals surface area contributed by atoms with Crippen LogP contribution >= 0.6 is 0 Å². The summed E-state index contributed by atoms with van der Waals surface area (Å²) >= 11 is 0. The Kier molecular flexibility index (Phi) is 4.13. The third-order valence-electron chi connectivity index (χ3n) is 2.71. The number of rotatable bonds is 4. The summed E-state index contributed by atoms with van der Waals surface area (Å²) in [5.74, 6) is -0.268. The van der Waals surface area contributed by atoms with Crippen molar-refractivity contribution >= 4 is 15.7 Å². The van der Waals surface area contributed by atoms with E-state index in [2.05, 4.69) is 9.93 Å². The van der Waals surface area contributed by atoms with E-state index >= 15 is 0 Å². The number of nitrogens with one attached hydrogen (secondary N) is 1. The van der Waals surface area contributed by atoms with E-state index in [4.69, 9.17) is 0 Å². The van der Waals surface area contributed by atoms with Gasteiger partial charge in [-0.15, -0.1) is 0 Å². The van der Waals surface area contributed by atoms with Crippen LogP contribution in [0, 0.1) is 0 Å². The number of phenolic OH excluding ortho intramolecular Hbond substituents is 2. The van der Waals surface area contributed by atoms with Gasteiger partial charge in [0.15, 0.2) is 0 Å². The minimum Gasteiger partial charge on any atom is -0.508 e. The molecule has 0 aliphatic rings. The first-order valence-electron chi connectivity index (χ1n) is 6.03. The van der Waals surface area contributed by atoms with Gasteiger partial charge in [-0.3, -0.25) is 0 Å². The molecule has 0 aromatic heterocycles. The quantitative estimate of drug-likeness (QED) is 0.592. The van der Waals surface area contributed by atoms with Crippen LogP contribution in [0.5, 0.6) is 11.5 Å². The molecule has 6 nitrogen and oxygen atoms in total. The predicted octanol–water partition coefficient (Wildman–Crippen LogP) is 1.80. The summed E-state index contributed by atoms with van der Waals surface area (Å²) in [6, 6.07) is 11.7. The summed E-state index contributed by atoms with van der Waals surface area (Å²) in [7, 11) is -3.75. The first-order valence-corrected chi connectivity index (χ1v) is 7.51.